The van der Waals surface area contributed by atoms with Gasteiger partial charge in [0, 0.05) is 0 Å². The molecule has 11 heteroatoms. The summed E-state index contributed by atoms with van der Waals surface area (Å²) in [4.78, 5) is 38.4. The van der Waals surface area contributed by atoms with Crippen LogP contribution in [-0.2, 0) is 9.13 Å². The predicted molar refractivity (Wildman–Crippen MR) is 58.2 cm³/mol. The number of aromatic nitrogens is 1. The van der Waals surface area contributed by atoms with Crippen LogP contribution in [0.3, 0.4) is 0 Å². The van der Waals surface area contributed by atoms with Crippen LogP contribution in [0, 0.1) is 0 Å². The molecule has 18 heavy (non-hydrogen) atoms. The van der Waals surface area contributed by atoms with Crippen LogP contribution in [-0.4, -0.2) is 34.8 Å². The van der Waals surface area contributed by atoms with Crippen molar-refractivity contribution in [1.29, 1.82) is 0 Å². The smallest absolute Gasteiger partial charge is 0.359 e. The Bertz CT molecular complexity index is 479. The highest BCUT2D eigenvalue weighted by molar-refractivity contribution is 7.52. The minimum absolute atomic E-state index is 0.492. The molecule has 6 N–H and O–H groups in total. The molecular weight excluding hydrogens is 288 g/mol. The molecule has 0 radical (unpaired) electrons. The summed E-state index contributed by atoms with van der Waals surface area (Å²) in [6.45, 7) is 0. The predicted octanol–water partition coefficient (Wildman–Crippen LogP) is -0.581. The molecule has 2 atom stereocenters. The molecule has 0 bridgehead atoms. The zero-order valence-corrected chi connectivity index (χ0v) is 10.5. The quantitative estimate of drug-likeness (QED) is 0.398. The van der Waals surface area contributed by atoms with E-state index < -0.39 is 38.3 Å². The number of aliphatic hydroxyl groups is 2. The number of rotatable bonds is 4. The van der Waals surface area contributed by atoms with Gasteiger partial charge in [-0.3, -0.25) is 14.1 Å². The lowest BCUT2D eigenvalue weighted by Gasteiger charge is -2.15. The van der Waals surface area contributed by atoms with E-state index in [0.29, 0.717) is 0 Å². The fraction of sp³-hybridized carbons (Fsp3) is 0.286. The van der Waals surface area contributed by atoms with Crippen LogP contribution in [0.2, 0.25) is 0 Å². The number of hydrogen-bond donors (Lipinski definition) is 6. The fourth-order valence-corrected chi connectivity index (χ4v) is 2.08. The van der Waals surface area contributed by atoms with Crippen molar-refractivity contribution in [3.05, 3.63) is 29.6 Å². The third-order valence-corrected chi connectivity index (χ3v) is 3.76. The molecule has 0 fully saturated rings. The molecule has 2 unspecified atom stereocenters. The van der Waals surface area contributed by atoms with Gasteiger partial charge in [-0.15, -0.1) is 0 Å². The minimum atomic E-state index is -4.85. The molecule has 0 saturated heterocycles. The highest BCUT2D eigenvalue weighted by Gasteiger charge is 2.32. The van der Waals surface area contributed by atoms with E-state index in [-0.39, 0.29) is 0 Å². The summed E-state index contributed by atoms with van der Waals surface area (Å²) in [7, 11) is -9.70. The van der Waals surface area contributed by atoms with Crippen molar-refractivity contribution in [2.45, 2.75) is 11.7 Å². The first kappa shape index (κ1) is 15.4. The number of pyridine rings is 1. The Morgan fingerprint density at radius 2 is 1.22 bits per heavy atom. The van der Waals surface area contributed by atoms with Crippen LogP contribution >= 0.6 is 15.2 Å². The van der Waals surface area contributed by atoms with Gasteiger partial charge in [-0.2, -0.15) is 0 Å². The van der Waals surface area contributed by atoms with E-state index in [1.54, 1.807) is 0 Å². The van der Waals surface area contributed by atoms with Gasteiger partial charge in [-0.1, -0.05) is 6.07 Å². The van der Waals surface area contributed by atoms with E-state index >= 15 is 0 Å². The maximum Gasteiger partial charge on any atom is 0.359 e. The zero-order valence-electron chi connectivity index (χ0n) is 8.73. The highest BCUT2D eigenvalue weighted by Crippen LogP contribution is 2.51. The Kier molecular flexibility index (Phi) is 4.42. The molecule has 0 aliphatic rings. The molecule has 0 spiro atoms. The summed E-state index contributed by atoms with van der Waals surface area (Å²) < 4.78 is 21.6. The van der Waals surface area contributed by atoms with Gasteiger partial charge in [0.2, 0.25) is 0 Å². The largest absolute Gasteiger partial charge is 0.375 e. The molecule has 1 aromatic heterocycles. The summed E-state index contributed by atoms with van der Waals surface area (Å²) in [6.07, 6.45) is 0. The summed E-state index contributed by atoms with van der Waals surface area (Å²) in [6, 6.07) is 3.26. The standard InChI is InChI=1S/C7H11NO8P2/c9-6(17(11,12)13)4-2-1-3-5(8-4)7(10)18(14,15)16/h1-3,6-7,9-10H,(H2,11,12,13)(H2,14,15,16). The topological polar surface area (TPSA) is 168 Å². The Balaban J connectivity index is 3.15. The Morgan fingerprint density at radius 3 is 1.50 bits per heavy atom. The molecule has 1 aromatic rings. The van der Waals surface area contributed by atoms with Crippen molar-refractivity contribution in [3.8, 4) is 0 Å². The van der Waals surface area contributed by atoms with Crippen LogP contribution < -0.4 is 0 Å². The van der Waals surface area contributed by atoms with E-state index in [2.05, 4.69) is 4.98 Å². The second-order valence-corrected chi connectivity index (χ2v) is 6.75. The van der Waals surface area contributed by atoms with E-state index in [0.717, 1.165) is 18.2 Å². The first-order valence-electron chi connectivity index (χ1n) is 4.47. The fourth-order valence-electron chi connectivity index (χ4n) is 1.10. The van der Waals surface area contributed by atoms with E-state index in [1.807, 2.05) is 0 Å². The second kappa shape index (κ2) is 5.16. The van der Waals surface area contributed by atoms with Gasteiger partial charge in [0.1, 0.15) is 0 Å². The molecule has 9 nitrogen and oxygen atoms in total. The van der Waals surface area contributed by atoms with Crippen molar-refractivity contribution in [2.24, 2.45) is 0 Å². The lowest BCUT2D eigenvalue weighted by atomic mass is 10.3. The average Bonchev–Trinajstić information content (AvgIpc) is 2.24. The van der Waals surface area contributed by atoms with Crippen LogP contribution in [0.1, 0.15) is 23.1 Å². The van der Waals surface area contributed by atoms with Crippen molar-refractivity contribution < 1.29 is 38.9 Å². The van der Waals surface area contributed by atoms with Gasteiger partial charge in [-0.05, 0) is 12.1 Å². The first-order valence-corrected chi connectivity index (χ1v) is 7.83. The maximum atomic E-state index is 10.8. The third kappa shape index (κ3) is 3.68. The van der Waals surface area contributed by atoms with Gasteiger partial charge < -0.3 is 29.8 Å². The van der Waals surface area contributed by atoms with Crippen molar-refractivity contribution >= 4 is 15.2 Å². The normalized spacial score (nSPS) is 16.3. The number of hydrogen-bond acceptors (Lipinski definition) is 5. The molecule has 0 aliphatic carbocycles. The Hall–Kier alpha value is -0.630. The molecule has 1 heterocycles. The molecule has 1 rings (SSSR count). The molecule has 102 valence electrons. The number of aliphatic hydroxyl groups excluding tert-OH is 2. The Labute approximate surface area is 101 Å². The van der Waals surface area contributed by atoms with Crippen LogP contribution in [0.5, 0.6) is 0 Å². The van der Waals surface area contributed by atoms with Crippen molar-refractivity contribution in [3.63, 3.8) is 0 Å². The van der Waals surface area contributed by atoms with Gasteiger partial charge in [0.05, 0.1) is 11.4 Å². The zero-order chi connectivity index (χ0) is 14.1. The van der Waals surface area contributed by atoms with Crippen molar-refractivity contribution in [2.75, 3.05) is 0 Å². The maximum absolute atomic E-state index is 10.8. The Morgan fingerprint density at radius 1 is 0.889 bits per heavy atom. The second-order valence-electron chi connectivity index (χ2n) is 3.41. The first-order chi connectivity index (χ1) is 8.03. The third-order valence-electron chi connectivity index (χ3n) is 1.96. The average molecular weight is 299 g/mol. The minimum Gasteiger partial charge on any atom is -0.375 e. The summed E-state index contributed by atoms with van der Waals surface area (Å²) in [5.41, 5.74) is -0.985. The van der Waals surface area contributed by atoms with E-state index in [4.69, 9.17) is 19.6 Å². The summed E-state index contributed by atoms with van der Waals surface area (Å²) >= 11 is 0. The monoisotopic (exact) mass is 299 g/mol. The molecular formula is C7H11NO8P2. The van der Waals surface area contributed by atoms with Crippen molar-refractivity contribution in [1.82, 2.24) is 4.98 Å². The van der Waals surface area contributed by atoms with Gasteiger partial charge >= 0.3 is 15.2 Å². The van der Waals surface area contributed by atoms with Gasteiger partial charge in [-0.25, -0.2) is 0 Å². The lowest BCUT2D eigenvalue weighted by molar-refractivity contribution is 0.193. The van der Waals surface area contributed by atoms with Crippen LogP contribution in [0.25, 0.3) is 0 Å². The summed E-state index contributed by atoms with van der Waals surface area (Å²) in [5.74, 6) is -4.44. The van der Waals surface area contributed by atoms with Gasteiger partial charge in [0.25, 0.3) is 0 Å². The lowest BCUT2D eigenvalue weighted by Crippen LogP contribution is -2.06. The van der Waals surface area contributed by atoms with Crippen LogP contribution in [0.4, 0.5) is 0 Å². The van der Waals surface area contributed by atoms with Gasteiger partial charge in [0.15, 0.2) is 11.7 Å². The van der Waals surface area contributed by atoms with E-state index in [1.165, 1.54) is 0 Å². The highest BCUT2D eigenvalue weighted by atomic mass is 31.2. The number of nitrogens with zero attached hydrogens (tertiary/aromatic N) is 1. The SMILES string of the molecule is O=P(O)(O)C(O)c1cccc(C(O)P(=O)(O)O)n1. The molecule has 0 aromatic carbocycles. The molecule has 0 aliphatic heterocycles. The summed E-state index contributed by atoms with van der Waals surface area (Å²) in [5, 5.41) is 18.5. The van der Waals surface area contributed by atoms with Crippen LogP contribution in [0.15, 0.2) is 18.2 Å². The molecule has 0 saturated carbocycles. The molecule has 0 amide bonds. The van der Waals surface area contributed by atoms with E-state index in [9.17, 15) is 19.3 Å².